The number of carbonyl (C=O) groups is 2. The lowest BCUT2D eigenvalue weighted by Gasteiger charge is -2.27. The van der Waals surface area contributed by atoms with Crippen molar-refractivity contribution in [3.05, 3.63) is 95.5 Å². The van der Waals surface area contributed by atoms with Gasteiger partial charge in [0.25, 0.3) is 5.91 Å². The molecule has 1 aliphatic heterocycles. The molecule has 0 fully saturated rings. The van der Waals surface area contributed by atoms with E-state index >= 15 is 0 Å². The molecule has 0 bridgehead atoms. The molecule has 0 radical (unpaired) electrons. The fourth-order valence-electron chi connectivity index (χ4n) is 3.38. The first-order valence-electron chi connectivity index (χ1n) is 10.3. The average Bonchev–Trinajstić information content (AvgIpc) is 2.85. The first-order chi connectivity index (χ1) is 16.0. The molecule has 33 heavy (non-hydrogen) atoms. The number of rotatable bonds is 6. The lowest BCUT2D eigenvalue weighted by atomic mass is 10.1. The fourth-order valence-corrected chi connectivity index (χ4v) is 3.38. The van der Waals surface area contributed by atoms with E-state index in [0.29, 0.717) is 29.3 Å². The van der Waals surface area contributed by atoms with Crippen LogP contribution in [0.3, 0.4) is 0 Å². The summed E-state index contributed by atoms with van der Waals surface area (Å²) < 4.78 is 11.3. The summed E-state index contributed by atoms with van der Waals surface area (Å²) in [6, 6.07) is 16.5. The Hall–Kier alpha value is -4.39. The van der Waals surface area contributed by atoms with Crippen LogP contribution in [0.4, 0.5) is 5.69 Å². The first-order valence-corrected chi connectivity index (χ1v) is 10.3. The normalized spacial score (nSPS) is 14.2. The van der Waals surface area contributed by atoms with Gasteiger partial charge >= 0.3 is 0 Å². The zero-order valence-corrected chi connectivity index (χ0v) is 18.3. The maximum Gasteiger partial charge on any atom is 0.293 e. The molecule has 166 valence electrons. The van der Waals surface area contributed by atoms with E-state index in [9.17, 15) is 9.59 Å². The van der Waals surface area contributed by atoms with E-state index in [1.165, 1.54) is 6.08 Å². The maximum absolute atomic E-state index is 12.8. The number of hydrogen-bond donors (Lipinski definition) is 1. The molecular formula is C26H23N3O4. The Morgan fingerprint density at radius 2 is 1.94 bits per heavy atom. The van der Waals surface area contributed by atoms with Gasteiger partial charge in [0, 0.05) is 37.6 Å². The van der Waals surface area contributed by atoms with Gasteiger partial charge in [0.15, 0.2) is 11.5 Å². The Kier molecular flexibility index (Phi) is 6.50. The molecule has 7 nitrogen and oxygen atoms in total. The SMILES string of the molecule is COc1ccc(/C=C/C(=O)NCc2ccncc2)cc1/C=C1\Oc2ccccc2N(C)C1=O. The lowest BCUT2D eigenvalue weighted by molar-refractivity contribution is -0.117. The molecule has 4 rings (SSSR count). The van der Waals surface area contributed by atoms with E-state index in [1.54, 1.807) is 49.7 Å². The predicted molar refractivity (Wildman–Crippen MR) is 127 cm³/mol. The van der Waals surface area contributed by atoms with Crippen LogP contribution in [0.5, 0.6) is 11.5 Å². The number of likely N-dealkylation sites (N-methyl/N-ethyl adjacent to an activating group) is 1. The number of nitrogens with zero attached hydrogens (tertiary/aromatic N) is 2. The third-order valence-corrected chi connectivity index (χ3v) is 5.15. The van der Waals surface area contributed by atoms with E-state index < -0.39 is 0 Å². The van der Waals surface area contributed by atoms with Crippen molar-refractivity contribution >= 4 is 29.7 Å². The summed E-state index contributed by atoms with van der Waals surface area (Å²) in [5.74, 6) is 0.899. The molecule has 0 atom stereocenters. The van der Waals surface area contributed by atoms with Gasteiger partial charge in [-0.2, -0.15) is 0 Å². The van der Waals surface area contributed by atoms with Gasteiger partial charge in [-0.15, -0.1) is 0 Å². The molecule has 1 aromatic heterocycles. The Balaban J connectivity index is 1.53. The van der Waals surface area contributed by atoms with E-state index in [0.717, 1.165) is 11.1 Å². The monoisotopic (exact) mass is 441 g/mol. The molecule has 2 heterocycles. The van der Waals surface area contributed by atoms with Crippen molar-refractivity contribution in [1.82, 2.24) is 10.3 Å². The Morgan fingerprint density at radius 1 is 1.15 bits per heavy atom. The van der Waals surface area contributed by atoms with Crippen molar-refractivity contribution in [3.63, 3.8) is 0 Å². The number of ether oxygens (including phenoxy) is 2. The number of amides is 2. The van der Waals surface area contributed by atoms with Crippen LogP contribution in [0.25, 0.3) is 12.2 Å². The number of nitrogens with one attached hydrogen (secondary N) is 1. The van der Waals surface area contributed by atoms with Crippen molar-refractivity contribution in [1.29, 1.82) is 0 Å². The molecule has 3 aromatic rings. The molecule has 7 heteroatoms. The van der Waals surface area contributed by atoms with E-state index in [2.05, 4.69) is 10.3 Å². The largest absolute Gasteiger partial charge is 0.496 e. The highest BCUT2D eigenvalue weighted by atomic mass is 16.5. The fraction of sp³-hybridized carbons (Fsp3) is 0.115. The second-order valence-corrected chi connectivity index (χ2v) is 7.35. The van der Waals surface area contributed by atoms with Crippen LogP contribution in [0.2, 0.25) is 0 Å². The zero-order chi connectivity index (χ0) is 23.2. The van der Waals surface area contributed by atoms with Crippen LogP contribution in [-0.2, 0) is 16.1 Å². The third kappa shape index (κ3) is 5.10. The number of hydrogen-bond acceptors (Lipinski definition) is 5. The molecule has 2 amide bonds. The second-order valence-electron chi connectivity index (χ2n) is 7.35. The Morgan fingerprint density at radius 3 is 2.73 bits per heavy atom. The highest BCUT2D eigenvalue weighted by Crippen LogP contribution is 2.35. The summed E-state index contributed by atoms with van der Waals surface area (Å²) in [5, 5.41) is 2.83. The van der Waals surface area contributed by atoms with Crippen LogP contribution in [0.15, 0.2) is 78.8 Å². The van der Waals surface area contributed by atoms with Crippen LogP contribution in [-0.4, -0.2) is 31.0 Å². The molecule has 0 aliphatic carbocycles. The molecule has 0 saturated heterocycles. The topological polar surface area (TPSA) is 80.8 Å². The molecule has 0 unspecified atom stereocenters. The molecule has 0 saturated carbocycles. The molecule has 0 spiro atoms. The number of pyridine rings is 1. The highest BCUT2D eigenvalue weighted by Gasteiger charge is 2.27. The van der Waals surface area contributed by atoms with Crippen LogP contribution >= 0.6 is 0 Å². The quantitative estimate of drug-likeness (QED) is 0.589. The Labute approximate surface area is 192 Å². The van der Waals surface area contributed by atoms with Gasteiger partial charge in [-0.05, 0) is 59.7 Å². The number of anilines is 1. The van der Waals surface area contributed by atoms with E-state index in [-0.39, 0.29) is 17.6 Å². The van der Waals surface area contributed by atoms with Crippen molar-refractivity contribution in [2.45, 2.75) is 6.54 Å². The van der Waals surface area contributed by atoms with Gasteiger partial charge in [-0.3, -0.25) is 14.6 Å². The maximum atomic E-state index is 12.8. The Bertz CT molecular complexity index is 1240. The smallest absolute Gasteiger partial charge is 0.293 e. The lowest BCUT2D eigenvalue weighted by Crippen LogP contribution is -2.33. The number of methoxy groups -OCH3 is 1. The van der Waals surface area contributed by atoms with Gasteiger partial charge in [0.05, 0.1) is 12.8 Å². The summed E-state index contributed by atoms with van der Waals surface area (Å²) in [6.07, 6.45) is 8.18. The summed E-state index contributed by atoms with van der Waals surface area (Å²) in [7, 11) is 3.27. The number of carbonyl (C=O) groups excluding carboxylic acids is 2. The molecule has 1 N–H and O–H groups in total. The number of fused-ring (bicyclic) bond motifs is 1. The van der Waals surface area contributed by atoms with Gasteiger partial charge < -0.3 is 19.7 Å². The predicted octanol–water partition coefficient (Wildman–Crippen LogP) is 3.82. The number of benzene rings is 2. The molecule has 2 aromatic carbocycles. The highest BCUT2D eigenvalue weighted by molar-refractivity contribution is 6.09. The van der Waals surface area contributed by atoms with Crippen LogP contribution < -0.4 is 19.7 Å². The minimum atomic E-state index is -0.257. The van der Waals surface area contributed by atoms with Crippen LogP contribution in [0, 0.1) is 0 Å². The van der Waals surface area contributed by atoms with Crippen LogP contribution in [0.1, 0.15) is 16.7 Å². The molecular weight excluding hydrogens is 418 g/mol. The summed E-state index contributed by atoms with van der Waals surface area (Å²) >= 11 is 0. The summed E-state index contributed by atoms with van der Waals surface area (Å²) in [6.45, 7) is 0.417. The standard InChI is InChI=1S/C26H23N3O4/c1-29-21-5-3-4-6-23(21)33-24(26(29)31)16-20-15-18(7-9-22(20)32-2)8-10-25(30)28-17-19-11-13-27-14-12-19/h3-16H,17H2,1-2H3,(H,28,30)/b10-8+,24-16-. The van der Waals surface area contributed by atoms with Gasteiger partial charge in [-0.1, -0.05) is 18.2 Å². The second kappa shape index (κ2) is 9.82. The van der Waals surface area contributed by atoms with Crippen molar-refractivity contribution in [2.75, 3.05) is 19.1 Å². The number of aromatic nitrogens is 1. The van der Waals surface area contributed by atoms with E-state index in [1.807, 2.05) is 48.5 Å². The first kappa shape index (κ1) is 21.8. The zero-order valence-electron chi connectivity index (χ0n) is 18.3. The average molecular weight is 441 g/mol. The van der Waals surface area contributed by atoms with Crippen molar-refractivity contribution < 1.29 is 19.1 Å². The van der Waals surface area contributed by atoms with Crippen molar-refractivity contribution in [3.8, 4) is 11.5 Å². The summed E-state index contributed by atoms with van der Waals surface area (Å²) in [4.78, 5) is 30.5. The van der Waals surface area contributed by atoms with E-state index in [4.69, 9.17) is 9.47 Å². The number of para-hydroxylation sites is 2. The van der Waals surface area contributed by atoms with Gasteiger partial charge in [-0.25, -0.2) is 0 Å². The van der Waals surface area contributed by atoms with Crippen molar-refractivity contribution in [2.24, 2.45) is 0 Å². The van der Waals surface area contributed by atoms with Gasteiger partial charge in [0.1, 0.15) is 5.75 Å². The van der Waals surface area contributed by atoms with Gasteiger partial charge in [0.2, 0.25) is 5.91 Å². The summed E-state index contributed by atoms with van der Waals surface area (Å²) in [5.41, 5.74) is 3.11. The molecule has 1 aliphatic rings. The minimum absolute atomic E-state index is 0.186. The third-order valence-electron chi connectivity index (χ3n) is 5.15. The minimum Gasteiger partial charge on any atom is -0.496 e.